The number of nitriles is 1. The molecule has 0 bridgehead atoms. The molecule has 1 saturated heterocycles. The van der Waals surface area contributed by atoms with Gasteiger partial charge in [-0.1, -0.05) is 5.16 Å². The van der Waals surface area contributed by atoms with Gasteiger partial charge >= 0.3 is 6.09 Å². The van der Waals surface area contributed by atoms with E-state index in [-0.39, 0.29) is 12.2 Å². The van der Waals surface area contributed by atoms with Crippen molar-refractivity contribution in [3.05, 3.63) is 41.8 Å². The van der Waals surface area contributed by atoms with Crippen molar-refractivity contribution in [1.29, 1.82) is 5.26 Å². The van der Waals surface area contributed by atoms with Crippen molar-refractivity contribution in [2.24, 2.45) is 5.92 Å². The van der Waals surface area contributed by atoms with E-state index in [1.54, 1.807) is 11.0 Å². The molecule has 1 saturated carbocycles. The van der Waals surface area contributed by atoms with Crippen LogP contribution in [0.2, 0.25) is 0 Å². The minimum atomic E-state index is -0.538. The van der Waals surface area contributed by atoms with Gasteiger partial charge in [-0.3, -0.25) is 0 Å². The van der Waals surface area contributed by atoms with Gasteiger partial charge in [-0.15, -0.1) is 0 Å². The van der Waals surface area contributed by atoms with Crippen LogP contribution in [0.4, 0.5) is 4.79 Å². The Morgan fingerprint density at radius 2 is 2.22 bits per heavy atom. The molecule has 1 aromatic carbocycles. The van der Waals surface area contributed by atoms with Crippen molar-refractivity contribution >= 4 is 17.1 Å². The third-order valence-corrected chi connectivity index (χ3v) is 7.54. The highest BCUT2D eigenvalue weighted by Gasteiger charge is 2.49. The fourth-order valence-corrected chi connectivity index (χ4v) is 5.74. The first-order chi connectivity index (χ1) is 17.7. The molecule has 1 spiro atoms. The minimum Gasteiger partial charge on any atom is -0.441 e. The first-order valence-corrected chi connectivity index (χ1v) is 13.0. The number of imidazole rings is 1. The lowest BCUT2D eigenvalue weighted by Gasteiger charge is -2.36. The quantitative estimate of drug-likeness (QED) is 0.429. The number of ether oxygens (including phenoxy) is 2. The van der Waals surface area contributed by atoms with Gasteiger partial charge in [0.1, 0.15) is 11.7 Å². The largest absolute Gasteiger partial charge is 0.441 e. The molecule has 0 N–H and O–H groups in total. The van der Waals surface area contributed by atoms with Gasteiger partial charge in [-0.25, -0.2) is 9.78 Å². The molecule has 37 heavy (non-hydrogen) atoms. The van der Waals surface area contributed by atoms with Crippen LogP contribution >= 0.6 is 0 Å². The van der Waals surface area contributed by atoms with Crippen LogP contribution in [0.5, 0.6) is 0 Å². The van der Waals surface area contributed by atoms with Gasteiger partial charge in [0, 0.05) is 19.7 Å². The molecule has 2 aliphatic rings. The minimum absolute atomic E-state index is 0.253. The van der Waals surface area contributed by atoms with E-state index in [2.05, 4.69) is 25.8 Å². The van der Waals surface area contributed by atoms with Crippen LogP contribution in [-0.4, -0.2) is 56.0 Å². The van der Waals surface area contributed by atoms with E-state index >= 15 is 0 Å². The van der Waals surface area contributed by atoms with Crippen molar-refractivity contribution < 1.29 is 18.8 Å². The molecular formula is C27H34N6O4. The Morgan fingerprint density at radius 3 is 3.00 bits per heavy atom. The molecule has 1 aliphatic carbocycles. The van der Waals surface area contributed by atoms with Crippen LogP contribution in [0.3, 0.4) is 0 Å². The molecule has 3 heterocycles. The number of nitrogens with zero attached hydrogens (tertiary/aromatic N) is 6. The van der Waals surface area contributed by atoms with Crippen LogP contribution < -0.4 is 0 Å². The smallest absolute Gasteiger partial charge is 0.410 e. The van der Waals surface area contributed by atoms with Gasteiger partial charge in [0.2, 0.25) is 5.89 Å². The summed E-state index contributed by atoms with van der Waals surface area (Å²) in [5, 5.41) is 13.4. The third-order valence-electron chi connectivity index (χ3n) is 7.54. The lowest BCUT2D eigenvalue weighted by molar-refractivity contribution is 0.00413. The molecule has 1 aliphatic heterocycles. The van der Waals surface area contributed by atoms with Crippen molar-refractivity contribution in [3.8, 4) is 6.07 Å². The molecule has 5 rings (SSSR count). The van der Waals surface area contributed by atoms with E-state index in [4.69, 9.17) is 14.0 Å². The number of fused-ring (bicyclic) bond motifs is 1. The molecule has 3 atom stereocenters. The van der Waals surface area contributed by atoms with Gasteiger partial charge in [-0.05, 0) is 77.5 Å². The van der Waals surface area contributed by atoms with E-state index in [0.29, 0.717) is 42.9 Å². The van der Waals surface area contributed by atoms with E-state index < -0.39 is 11.0 Å². The number of carbonyl (C=O) groups excluding carboxylic acids is 1. The maximum Gasteiger partial charge on any atom is 0.410 e. The Hall–Kier alpha value is -3.45. The Morgan fingerprint density at radius 1 is 1.38 bits per heavy atom. The predicted molar refractivity (Wildman–Crippen MR) is 135 cm³/mol. The molecule has 10 nitrogen and oxygen atoms in total. The number of hydrogen-bond acceptors (Lipinski definition) is 8. The predicted octanol–water partition coefficient (Wildman–Crippen LogP) is 4.75. The number of carbonyl (C=O) groups is 1. The molecule has 1 amide bonds. The first kappa shape index (κ1) is 25.2. The second-order valence-corrected chi connectivity index (χ2v) is 11.0. The Bertz CT molecular complexity index is 1320. The zero-order valence-corrected chi connectivity index (χ0v) is 21.9. The number of rotatable bonds is 8. The normalized spacial score (nSPS) is 22.9. The SMILES string of the molecule is CCOC(C)c1noc(C(C)(C)CN2CC3(CCC[C@H](Cn4cnc5ccc(C#N)cc54)C3)OC2=O)n1. The van der Waals surface area contributed by atoms with Crippen LogP contribution in [-0.2, 0) is 21.4 Å². The summed E-state index contributed by atoms with van der Waals surface area (Å²) in [6, 6.07) is 7.77. The lowest BCUT2D eigenvalue weighted by atomic mass is 9.77. The zero-order valence-electron chi connectivity index (χ0n) is 21.9. The first-order valence-electron chi connectivity index (χ1n) is 13.0. The molecule has 0 radical (unpaired) electrons. The third kappa shape index (κ3) is 5.05. The Kier molecular flexibility index (Phi) is 6.67. The monoisotopic (exact) mass is 506 g/mol. The van der Waals surface area contributed by atoms with Gasteiger partial charge in [-0.2, -0.15) is 10.2 Å². The molecule has 2 aromatic heterocycles. The van der Waals surface area contributed by atoms with E-state index in [1.807, 2.05) is 46.2 Å². The summed E-state index contributed by atoms with van der Waals surface area (Å²) < 4.78 is 19.3. The van der Waals surface area contributed by atoms with Gasteiger partial charge in [0.05, 0.1) is 41.0 Å². The van der Waals surface area contributed by atoms with Crippen molar-refractivity contribution in [2.75, 3.05) is 19.7 Å². The van der Waals surface area contributed by atoms with E-state index in [0.717, 1.165) is 43.3 Å². The average molecular weight is 507 g/mol. The van der Waals surface area contributed by atoms with Crippen molar-refractivity contribution in [3.63, 3.8) is 0 Å². The van der Waals surface area contributed by atoms with Gasteiger partial charge < -0.3 is 23.5 Å². The number of aromatic nitrogens is 4. The molecule has 3 aromatic rings. The van der Waals surface area contributed by atoms with E-state index in [1.165, 1.54) is 0 Å². The number of hydrogen-bond donors (Lipinski definition) is 0. The molecule has 2 unspecified atom stereocenters. The summed E-state index contributed by atoms with van der Waals surface area (Å²) in [5.74, 6) is 1.33. The maximum absolute atomic E-state index is 13.0. The number of benzene rings is 1. The van der Waals surface area contributed by atoms with Gasteiger partial charge in [0.25, 0.3) is 0 Å². The Labute approximate surface area is 216 Å². The van der Waals surface area contributed by atoms with Crippen LogP contribution in [0.1, 0.15) is 76.8 Å². The van der Waals surface area contributed by atoms with E-state index in [9.17, 15) is 10.1 Å². The topological polar surface area (TPSA) is 119 Å². The van der Waals surface area contributed by atoms with Gasteiger partial charge in [0.15, 0.2) is 5.82 Å². The lowest BCUT2D eigenvalue weighted by Crippen LogP contribution is -2.43. The molecule has 10 heteroatoms. The molecule has 2 fully saturated rings. The second kappa shape index (κ2) is 9.78. The Balaban J connectivity index is 1.26. The highest BCUT2D eigenvalue weighted by atomic mass is 16.6. The summed E-state index contributed by atoms with van der Waals surface area (Å²) in [7, 11) is 0. The fraction of sp³-hybridized carbons (Fsp3) is 0.593. The summed E-state index contributed by atoms with van der Waals surface area (Å²) >= 11 is 0. The van der Waals surface area contributed by atoms with Crippen molar-refractivity contribution in [2.45, 2.75) is 77.0 Å². The highest BCUT2D eigenvalue weighted by Crippen LogP contribution is 2.41. The second-order valence-electron chi connectivity index (χ2n) is 11.0. The summed E-state index contributed by atoms with van der Waals surface area (Å²) in [6.07, 6.45) is 5.00. The summed E-state index contributed by atoms with van der Waals surface area (Å²) in [6.45, 7) is 10.1. The van der Waals surface area contributed by atoms with Crippen LogP contribution in [0.15, 0.2) is 29.0 Å². The standard InChI is InChI=1S/C27H34N6O4/c1-5-35-18(2)23-30-24(37-31-23)26(3,4)15-33-16-27(36-25(33)34)10-6-7-20(12-27)14-32-17-29-21-9-8-19(13-28)11-22(21)32/h8-9,11,17-18,20H,5-7,10,12,14-16H2,1-4H3/t18?,20-,27?/m0/s1. The highest BCUT2D eigenvalue weighted by molar-refractivity contribution is 5.77. The molecular weight excluding hydrogens is 472 g/mol. The summed E-state index contributed by atoms with van der Waals surface area (Å²) in [5.41, 5.74) is 1.43. The zero-order chi connectivity index (χ0) is 26.2. The van der Waals surface area contributed by atoms with Crippen LogP contribution in [0.25, 0.3) is 11.0 Å². The maximum atomic E-state index is 13.0. The van der Waals surface area contributed by atoms with Crippen LogP contribution in [0, 0.1) is 17.2 Å². The summed E-state index contributed by atoms with van der Waals surface area (Å²) in [4.78, 5) is 23.8. The average Bonchev–Trinajstić information content (AvgIpc) is 3.58. The number of amides is 1. The van der Waals surface area contributed by atoms with Crippen molar-refractivity contribution in [1.82, 2.24) is 24.6 Å². The molecule has 196 valence electrons. The fourth-order valence-electron chi connectivity index (χ4n) is 5.74.